The number of para-hydroxylation sites is 1. The minimum absolute atomic E-state index is 0.0576. The first-order valence-electron chi connectivity index (χ1n) is 11.9. The number of ether oxygens (including phenoxy) is 1. The van der Waals surface area contributed by atoms with E-state index >= 15 is 0 Å². The lowest BCUT2D eigenvalue weighted by atomic mass is 9.49. The molecule has 0 heterocycles. The van der Waals surface area contributed by atoms with Crippen LogP contribution in [-0.2, 0) is 24.3 Å². The summed E-state index contributed by atoms with van der Waals surface area (Å²) in [4.78, 5) is 25.5. The van der Waals surface area contributed by atoms with Crippen LogP contribution in [0.3, 0.4) is 0 Å². The minimum atomic E-state index is -3.81. The molecule has 2 aromatic carbocycles. The summed E-state index contributed by atoms with van der Waals surface area (Å²) in [7, 11) is -2.32. The largest absolute Gasteiger partial charge is 0.455 e. The van der Waals surface area contributed by atoms with E-state index in [1.54, 1.807) is 36.4 Å². The Hall–Kier alpha value is -2.87. The van der Waals surface area contributed by atoms with Gasteiger partial charge in [0, 0.05) is 12.7 Å². The number of nitrogens with one attached hydrogen (secondary N) is 1. The second kappa shape index (κ2) is 8.73. The Morgan fingerprint density at radius 3 is 2.21 bits per heavy atom. The molecule has 4 aliphatic rings. The van der Waals surface area contributed by atoms with E-state index in [1.807, 2.05) is 6.07 Å². The van der Waals surface area contributed by atoms with E-state index in [2.05, 4.69) is 5.32 Å². The maximum absolute atomic E-state index is 13.0. The summed E-state index contributed by atoms with van der Waals surface area (Å²) in [6, 6.07) is 14.8. The van der Waals surface area contributed by atoms with Gasteiger partial charge in [0.1, 0.15) is 0 Å². The summed E-state index contributed by atoms with van der Waals surface area (Å²) in [6.45, 7) is -0.374. The SMILES string of the molecule is CN(c1ccccc1)S(=O)(=O)c1cccc(NC(=O)COC(=O)C23CC4CC(CC(C4)C2)C3)c1. The quantitative estimate of drug-likeness (QED) is 0.597. The number of nitrogens with zero attached hydrogens (tertiary/aromatic N) is 1. The fourth-order valence-electron chi connectivity index (χ4n) is 6.51. The van der Waals surface area contributed by atoms with Crippen LogP contribution in [0.25, 0.3) is 0 Å². The van der Waals surface area contributed by atoms with Crippen LogP contribution in [0.4, 0.5) is 11.4 Å². The number of sulfonamides is 1. The molecule has 7 nitrogen and oxygen atoms in total. The van der Waals surface area contributed by atoms with Crippen molar-refractivity contribution in [2.75, 3.05) is 23.3 Å². The van der Waals surface area contributed by atoms with Gasteiger partial charge in [0.25, 0.3) is 15.9 Å². The predicted octanol–water partition coefficient (Wildman–Crippen LogP) is 4.21. The van der Waals surface area contributed by atoms with Crippen LogP contribution in [-0.4, -0.2) is 33.9 Å². The number of rotatable bonds is 7. The Kier molecular flexibility index (Phi) is 5.88. The van der Waals surface area contributed by atoms with Crippen LogP contribution in [0, 0.1) is 23.2 Å². The van der Waals surface area contributed by atoms with Crippen molar-refractivity contribution in [3.63, 3.8) is 0 Å². The van der Waals surface area contributed by atoms with Crippen molar-refractivity contribution in [2.45, 2.75) is 43.4 Å². The zero-order chi connectivity index (χ0) is 23.9. The number of esters is 1. The summed E-state index contributed by atoms with van der Waals surface area (Å²) < 4.78 is 32.7. The third-order valence-corrected chi connectivity index (χ3v) is 9.48. The van der Waals surface area contributed by atoms with Crippen molar-refractivity contribution in [3.05, 3.63) is 54.6 Å². The Morgan fingerprint density at radius 2 is 1.59 bits per heavy atom. The molecule has 8 heteroatoms. The molecule has 6 rings (SSSR count). The second-order valence-corrected chi connectivity index (χ2v) is 12.1. The molecule has 1 amide bonds. The van der Waals surface area contributed by atoms with E-state index in [0.717, 1.165) is 19.3 Å². The highest BCUT2D eigenvalue weighted by atomic mass is 32.2. The van der Waals surface area contributed by atoms with E-state index in [9.17, 15) is 18.0 Å². The third-order valence-electron chi connectivity index (χ3n) is 7.70. The molecular weight excluding hydrogens is 452 g/mol. The van der Waals surface area contributed by atoms with Gasteiger partial charge in [0.15, 0.2) is 6.61 Å². The average Bonchev–Trinajstić information content (AvgIpc) is 2.82. The first-order valence-corrected chi connectivity index (χ1v) is 13.3. The van der Waals surface area contributed by atoms with Gasteiger partial charge in [-0.15, -0.1) is 0 Å². The summed E-state index contributed by atoms with van der Waals surface area (Å²) in [5.41, 5.74) is 0.456. The average molecular weight is 483 g/mol. The summed E-state index contributed by atoms with van der Waals surface area (Å²) >= 11 is 0. The maximum atomic E-state index is 13.0. The normalized spacial score (nSPS) is 27.3. The number of amides is 1. The van der Waals surface area contributed by atoms with Gasteiger partial charge in [-0.2, -0.15) is 0 Å². The molecule has 4 aliphatic carbocycles. The summed E-state index contributed by atoms with van der Waals surface area (Å²) in [5.74, 6) is 1.12. The highest BCUT2D eigenvalue weighted by Crippen LogP contribution is 2.60. The molecule has 0 aromatic heterocycles. The first-order chi connectivity index (χ1) is 16.2. The van der Waals surface area contributed by atoms with Crippen molar-refractivity contribution in [1.82, 2.24) is 0 Å². The number of carbonyl (C=O) groups is 2. The van der Waals surface area contributed by atoms with E-state index in [-0.39, 0.29) is 17.5 Å². The number of anilines is 2. The predicted molar refractivity (Wildman–Crippen MR) is 129 cm³/mol. The van der Waals surface area contributed by atoms with Crippen molar-refractivity contribution in [1.29, 1.82) is 0 Å². The fourth-order valence-corrected chi connectivity index (χ4v) is 7.75. The topological polar surface area (TPSA) is 92.8 Å². The number of hydrogen-bond donors (Lipinski definition) is 1. The number of benzene rings is 2. The van der Waals surface area contributed by atoms with Crippen LogP contribution in [0.2, 0.25) is 0 Å². The zero-order valence-electron chi connectivity index (χ0n) is 19.3. The molecule has 0 radical (unpaired) electrons. The third kappa shape index (κ3) is 4.31. The molecule has 1 N–H and O–H groups in total. The lowest BCUT2D eigenvalue weighted by molar-refractivity contribution is -0.172. The molecule has 180 valence electrons. The molecule has 0 unspecified atom stereocenters. The van der Waals surface area contributed by atoms with Crippen molar-refractivity contribution in [3.8, 4) is 0 Å². The van der Waals surface area contributed by atoms with Crippen LogP contribution >= 0.6 is 0 Å². The molecule has 0 spiro atoms. The Bertz CT molecular complexity index is 1160. The molecule has 4 saturated carbocycles. The molecule has 0 atom stereocenters. The maximum Gasteiger partial charge on any atom is 0.312 e. The standard InChI is InChI=1S/C26H30N2O5S/c1-28(22-7-3-2-4-8-22)34(31,32)23-9-5-6-21(13-23)27-24(29)17-33-25(30)26-14-18-10-19(15-26)12-20(11-18)16-26/h2-9,13,18-20H,10-12,14-17H2,1H3,(H,27,29). The molecule has 4 bridgehead atoms. The number of hydrogen-bond acceptors (Lipinski definition) is 5. The molecule has 34 heavy (non-hydrogen) atoms. The lowest BCUT2D eigenvalue weighted by Crippen LogP contribution is -2.50. The van der Waals surface area contributed by atoms with E-state index in [0.29, 0.717) is 29.1 Å². The van der Waals surface area contributed by atoms with Crippen molar-refractivity contribution < 1.29 is 22.7 Å². The smallest absolute Gasteiger partial charge is 0.312 e. The Balaban J connectivity index is 1.21. The summed E-state index contributed by atoms with van der Waals surface area (Å²) in [6.07, 6.45) is 6.33. The van der Waals surface area contributed by atoms with Crippen LogP contribution < -0.4 is 9.62 Å². The van der Waals surface area contributed by atoms with Gasteiger partial charge in [-0.05, 0) is 86.6 Å². The zero-order valence-corrected chi connectivity index (χ0v) is 20.1. The van der Waals surface area contributed by atoms with Crippen LogP contribution in [0.5, 0.6) is 0 Å². The van der Waals surface area contributed by atoms with E-state index < -0.39 is 21.3 Å². The summed E-state index contributed by atoms with van der Waals surface area (Å²) in [5, 5.41) is 2.66. The Morgan fingerprint density at radius 1 is 0.971 bits per heavy atom. The van der Waals surface area contributed by atoms with Gasteiger partial charge in [0.05, 0.1) is 16.0 Å². The number of carbonyl (C=O) groups excluding carboxylic acids is 2. The van der Waals surface area contributed by atoms with Gasteiger partial charge in [-0.3, -0.25) is 13.9 Å². The lowest BCUT2D eigenvalue weighted by Gasteiger charge is -2.55. The molecule has 2 aromatic rings. The van der Waals surface area contributed by atoms with Gasteiger partial charge in [-0.25, -0.2) is 8.42 Å². The monoisotopic (exact) mass is 482 g/mol. The Labute approximate surface area is 200 Å². The minimum Gasteiger partial charge on any atom is -0.455 e. The highest BCUT2D eigenvalue weighted by Gasteiger charge is 2.55. The van der Waals surface area contributed by atoms with Gasteiger partial charge < -0.3 is 10.1 Å². The molecule has 0 saturated heterocycles. The van der Waals surface area contributed by atoms with Crippen LogP contribution in [0.1, 0.15) is 38.5 Å². The highest BCUT2D eigenvalue weighted by molar-refractivity contribution is 7.92. The van der Waals surface area contributed by atoms with Crippen LogP contribution in [0.15, 0.2) is 59.5 Å². The van der Waals surface area contributed by atoms with E-state index in [4.69, 9.17) is 4.74 Å². The molecular formula is C26H30N2O5S. The van der Waals surface area contributed by atoms with Crippen molar-refractivity contribution >= 4 is 33.3 Å². The van der Waals surface area contributed by atoms with Gasteiger partial charge in [0.2, 0.25) is 0 Å². The molecule has 0 aliphatic heterocycles. The van der Waals surface area contributed by atoms with E-state index in [1.165, 1.54) is 42.7 Å². The van der Waals surface area contributed by atoms with Gasteiger partial charge in [-0.1, -0.05) is 24.3 Å². The first kappa shape index (κ1) is 22.9. The second-order valence-electron chi connectivity index (χ2n) is 10.2. The molecule has 4 fully saturated rings. The van der Waals surface area contributed by atoms with Gasteiger partial charge >= 0.3 is 5.97 Å². The van der Waals surface area contributed by atoms with Crippen molar-refractivity contribution in [2.24, 2.45) is 23.2 Å². The fraction of sp³-hybridized carbons (Fsp3) is 0.462.